The van der Waals surface area contributed by atoms with Gasteiger partial charge in [0.05, 0.1) is 19.8 Å². The molecule has 3 fully saturated rings. The zero-order valence-corrected chi connectivity index (χ0v) is 39.4. The summed E-state index contributed by atoms with van der Waals surface area (Å²) < 4.78 is 46.8. The summed E-state index contributed by atoms with van der Waals surface area (Å²) in [5, 5.41) is 51.3. The first-order valence-electron chi connectivity index (χ1n) is 22.2. The van der Waals surface area contributed by atoms with Crippen LogP contribution in [0.15, 0.2) is 152 Å². The van der Waals surface area contributed by atoms with Crippen LogP contribution in [0.3, 0.4) is 0 Å². The Morgan fingerprint density at radius 1 is 0.562 bits per heavy atom. The molecule has 8 rings (SSSR count). The van der Waals surface area contributed by atoms with E-state index < -0.39 is 94.4 Å². The van der Waals surface area contributed by atoms with Crippen molar-refractivity contribution in [2.24, 2.45) is 0 Å². The van der Waals surface area contributed by atoms with E-state index in [9.17, 15) is 20.4 Å². The van der Waals surface area contributed by atoms with Crippen LogP contribution in [-0.4, -0.2) is 112 Å². The number of hydrogen-bond donors (Lipinski definition) is 4. The Hall–Kier alpha value is -3.91. The summed E-state index contributed by atoms with van der Waals surface area (Å²) in [4.78, 5) is 0. The predicted molar refractivity (Wildman–Crippen MR) is 249 cm³/mol. The molecule has 11 nitrogen and oxygen atoms in total. The molecule has 13 heteroatoms. The molecular formula is C51H62O11Si2. The monoisotopic (exact) mass is 906 g/mol. The van der Waals surface area contributed by atoms with Gasteiger partial charge < -0.3 is 53.0 Å². The minimum absolute atomic E-state index is 0.0143. The zero-order chi connectivity index (χ0) is 45.3. The van der Waals surface area contributed by atoms with Crippen LogP contribution in [0, 0.1) is 0 Å². The van der Waals surface area contributed by atoms with Crippen molar-refractivity contribution < 1.29 is 53.0 Å². The van der Waals surface area contributed by atoms with Crippen molar-refractivity contribution in [3.05, 3.63) is 157 Å². The highest BCUT2D eigenvalue weighted by atomic mass is 28.4. The zero-order valence-electron chi connectivity index (χ0n) is 37.4. The highest BCUT2D eigenvalue weighted by Crippen LogP contribution is 2.44. The van der Waals surface area contributed by atoms with Gasteiger partial charge in [-0.1, -0.05) is 193 Å². The second-order valence-corrected chi connectivity index (χ2v) is 27.8. The molecule has 5 aromatic carbocycles. The summed E-state index contributed by atoms with van der Waals surface area (Å²) in [6, 6.07) is 49.6. The van der Waals surface area contributed by atoms with Crippen LogP contribution in [0.4, 0.5) is 0 Å². The van der Waals surface area contributed by atoms with Gasteiger partial charge in [0.2, 0.25) is 5.79 Å². The molecule has 3 heterocycles. The molecule has 0 aromatic heterocycles. The number of aliphatic hydroxyl groups excluding tert-OH is 4. The minimum Gasteiger partial charge on any atom is -0.405 e. The normalized spacial score (nSPS) is 29.0. The maximum Gasteiger partial charge on any atom is 0.261 e. The molecule has 5 aromatic rings. The Morgan fingerprint density at radius 3 is 1.45 bits per heavy atom. The van der Waals surface area contributed by atoms with Crippen molar-refractivity contribution >= 4 is 37.4 Å². The maximum absolute atomic E-state index is 12.5. The highest BCUT2D eigenvalue weighted by molar-refractivity contribution is 7.00. The Morgan fingerprint density at radius 2 is 1.00 bits per heavy atom. The van der Waals surface area contributed by atoms with E-state index >= 15 is 0 Å². The average Bonchev–Trinajstić information content (AvgIpc) is 3.53. The SMILES string of the molecule is CC(C)(C)[Si](OC[C@H]1O[C@@](CO[Si](c2ccccc2)(c2ccccc2)C(C)(C)C)(O[C@H]2O[C@@H]3COC(c4ccccc4)O[C@H]3[C@H](O)[C@H]2O)[C@@H](O)[C@@H]1O)(c1ccccc1)c1ccccc1. The summed E-state index contributed by atoms with van der Waals surface area (Å²) in [5.41, 5.74) is 0.753. The smallest absolute Gasteiger partial charge is 0.261 e. The van der Waals surface area contributed by atoms with Crippen LogP contribution in [0.2, 0.25) is 10.1 Å². The molecule has 0 spiro atoms. The fourth-order valence-corrected chi connectivity index (χ4v) is 19.0. The fraction of sp³-hybridized carbons (Fsp3) is 0.412. The molecule has 64 heavy (non-hydrogen) atoms. The van der Waals surface area contributed by atoms with Crippen molar-refractivity contribution in [1.82, 2.24) is 0 Å². The van der Waals surface area contributed by atoms with Gasteiger partial charge in [-0.05, 0) is 30.8 Å². The van der Waals surface area contributed by atoms with Gasteiger partial charge in [-0.3, -0.25) is 0 Å². The first-order valence-corrected chi connectivity index (χ1v) is 26.0. The number of hydrogen-bond acceptors (Lipinski definition) is 11. The molecule has 0 amide bonds. The second kappa shape index (κ2) is 18.8. The average molecular weight is 907 g/mol. The van der Waals surface area contributed by atoms with Crippen LogP contribution < -0.4 is 20.7 Å². The van der Waals surface area contributed by atoms with Crippen LogP contribution >= 0.6 is 0 Å². The van der Waals surface area contributed by atoms with Gasteiger partial charge in [0.15, 0.2) is 12.6 Å². The van der Waals surface area contributed by atoms with Crippen molar-refractivity contribution in [1.29, 1.82) is 0 Å². The molecule has 0 radical (unpaired) electrons. The quantitative estimate of drug-likeness (QED) is 0.124. The molecule has 0 bridgehead atoms. The summed E-state index contributed by atoms with van der Waals surface area (Å²) in [6.07, 6.45) is -11.7. The molecule has 3 saturated heterocycles. The predicted octanol–water partition coefficient (Wildman–Crippen LogP) is 4.53. The summed E-state index contributed by atoms with van der Waals surface area (Å²) in [6.45, 7) is 12.4. The van der Waals surface area contributed by atoms with Crippen LogP contribution in [0.1, 0.15) is 53.4 Å². The van der Waals surface area contributed by atoms with Gasteiger partial charge in [0, 0.05) is 5.56 Å². The maximum atomic E-state index is 12.5. The second-order valence-electron chi connectivity index (χ2n) is 19.1. The minimum atomic E-state index is -3.33. The van der Waals surface area contributed by atoms with Crippen LogP contribution in [-0.2, 0) is 32.5 Å². The van der Waals surface area contributed by atoms with Crippen molar-refractivity contribution in [3.63, 3.8) is 0 Å². The third-order valence-electron chi connectivity index (χ3n) is 13.0. The third-order valence-corrected chi connectivity index (χ3v) is 23.0. The molecule has 0 saturated carbocycles. The molecule has 10 atom stereocenters. The highest BCUT2D eigenvalue weighted by Gasteiger charge is 2.62. The van der Waals surface area contributed by atoms with Crippen molar-refractivity contribution in [2.45, 2.75) is 113 Å². The lowest BCUT2D eigenvalue weighted by Crippen LogP contribution is -2.69. The number of aliphatic hydroxyl groups is 4. The van der Waals surface area contributed by atoms with Gasteiger partial charge in [0.1, 0.15) is 42.7 Å². The van der Waals surface area contributed by atoms with E-state index in [1.807, 2.05) is 103 Å². The van der Waals surface area contributed by atoms with Crippen LogP contribution in [0.25, 0.3) is 0 Å². The number of fused-ring (bicyclic) bond motifs is 1. The molecule has 3 aliphatic rings. The number of benzene rings is 5. The van der Waals surface area contributed by atoms with E-state index in [-0.39, 0.29) is 13.2 Å². The van der Waals surface area contributed by atoms with E-state index in [0.29, 0.717) is 0 Å². The summed E-state index contributed by atoms with van der Waals surface area (Å²) in [7, 11) is -6.49. The summed E-state index contributed by atoms with van der Waals surface area (Å²) >= 11 is 0. The molecule has 0 aliphatic carbocycles. The van der Waals surface area contributed by atoms with E-state index in [2.05, 4.69) is 90.1 Å². The number of rotatable bonds is 13. The topological polar surface area (TPSA) is 146 Å². The van der Waals surface area contributed by atoms with E-state index in [1.165, 1.54) is 0 Å². The van der Waals surface area contributed by atoms with Gasteiger partial charge in [-0.25, -0.2) is 0 Å². The molecular weight excluding hydrogens is 845 g/mol. The Bertz CT molecular complexity index is 2160. The van der Waals surface area contributed by atoms with Crippen molar-refractivity contribution in [2.75, 3.05) is 19.8 Å². The van der Waals surface area contributed by atoms with Crippen LogP contribution in [0.5, 0.6) is 0 Å². The lowest BCUT2D eigenvalue weighted by Gasteiger charge is -2.49. The Labute approximate surface area is 378 Å². The van der Waals surface area contributed by atoms with Gasteiger partial charge >= 0.3 is 0 Å². The van der Waals surface area contributed by atoms with Gasteiger partial charge in [0.25, 0.3) is 16.6 Å². The van der Waals surface area contributed by atoms with Gasteiger partial charge in [-0.2, -0.15) is 0 Å². The van der Waals surface area contributed by atoms with E-state index in [4.69, 9.17) is 32.5 Å². The molecule has 1 unspecified atom stereocenters. The molecule has 340 valence electrons. The van der Waals surface area contributed by atoms with E-state index in [1.54, 1.807) is 0 Å². The standard InChI is InChI=1S/C51H62O11Si2/c1-49(2,3)63(36-24-14-8-15-25-36,37-26-16-9-17-27-37)57-33-40-42(52)46(55)51(61-40,34-58-64(50(4,5)6,38-28-18-10-19-29-38)39-30-20-11-21-31-39)62-48-44(54)43(53)45-41(59-48)32-56-47(60-45)35-22-12-7-13-23-35/h7-31,40-48,52-55H,32-34H2,1-6H3/t40-,41-,42-,43-,44-,45-,46+,47?,48-,51+/m1/s1. The van der Waals surface area contributed by atoms with E-state index in [0.717, 1.165) is 26.3 Å². The summed E-state index contributed by atoms with van der Waals surface area (Å²) in [5.74, 6) is -2.15. The lowest BCUT2D eigenvalue weighted by molar-refractivity contribution is -0.405. The Kier molecular flexibility index (Phi) is 13.7. The fourth-order valence-electron chi connectivity index (χ4n) is 9.83. The Balaban J connectivity index is 1.16. The van der Waals surface area contributed by atoms with Crippen molar-refractivity contribution in [3.8, 4) is 0 Å². The first-order chi connectivity index (χ1) is 30.6. The number of ether oxygens (including phenoxy) is 5. The lowest BCUT2D eigenvalue weighted by atomic mass is 9.97. The van der Waals surface area contributed by atoms with Gasteiger partial charge in [-0.15, -0.1) is 0 Å². The molecule has 3 aliphatic heterocycles. The largest absolute Gasteiger partial charge is 0.405 e. The first kappa shape index (κ1) is 46.6. The third kappa shape index (κ3) is 8.63. The molecule has 4 N–H and O–H groups in total.